The molecular weight excluding hydrogens is 148 g/mol. The van der Waals surface area contributed by atoms with Gasteiger partial charge in [-0.1, -0.05) is 6.92 Å². The highest BCUT2D eigenvalue weighted by molar-refractivity contribution is 4.97. The summed E-state index contributed by atoms with van der Waals surface area (Å²) < 4.78 is 0. The molecule has 2 heteroatoms. The monoisotopic (exact) mass is 170 g/mol. The zero-order chi connectivity index (χ0) is 9.03. The van der Waals surface area contributed by atoms with E-state index in [1.807, 2.05) is 0 Å². The van der Waals surface area contributed by atoms with E-state index in [1.165, 1.54) is 32.2 Å². The Kier molecular flexibility index (Phi) is 3.53. The van der Waals surface area contributed by atoms with Crippen molar-refractivity contribution < 1.29 is 0 Å². The second-order valence-electron chi connectivity index (χ2n) is 4.47. The highest BCUT2D eigenvalue weighted by Gasteiger charge is 2.35. The maximum absolute atomic E-state index is 5.53. The van der Waals surface area contributed by atoms with Crippen molar-refractivity contribution in [2.24, 2.45) is 11.7 Å². The molecule has 1 fully saturated rings. The molecule has 0 aromatic heterocycles. The van der Waals surface area contributed by atoms with Gasteiger partial charge in [0.25, 0.3) is 0 Å². The van der Waals surface area contributed by atoms with Crippen LogP contribution in [0.25, 0.3) is 0 Å². The van der Waals surface area contributed by atoms with Gasteiger partial charge in [-0.2, -0.15) is 0 Å². The third kappa shape index (κ3) is 3.55. The Morgan fingerprint density at radius 1 is 1.50 bits per heavy atom. The van der Waals surface area contributed by atoms with Gasteiger partial charge in [-0.05, 0) is 51.6 Å². The third-order valence-electron chi connectivity index (χ3n) is 2.83. The standard InChI is InChI=1S/C10H22N2/c1-9(8-11)4-3-7-12-10(2)5-6-10/h9,12H,3-8,11H2,1-2H3. The molecule has 0 aliphatic heterocycles. The SMILES string of the molecule is CC(CN)CCCNC1(C)CC1. The van der Waals surface area contributed by atoms with Gasteiger partial charge in [0.2, 0.25) is 0 Å². The van der Waals surface area contributed by atoms with E-state index < -0.39 is 0 Å². The molecular formula is C10H22N2. The Labute approximate surface area is 75.9 Å². The minimum atomic E-state index is 0.506. The summed E-state index contributed by atoms with van der Waals surface area (Å²) in [5.74, 6) is 0.693. The van der Waals surface area contributed by atoms with Crippen LogP contribution in [0.3, 0.4) is 0 Å². The molecule has 0 bridgehead atoms. The van der Waals surface area contributed by atoms with Gasteiger partial charge in [-0.15, -0.1) is 0 Å². The minimum absolute atomic E-state index is 0.506. The predicted molar refractivity (Wildman–Crippen MR) is 53.1 cm³/mol. The highest BCUT2D eigenvalue weighted by Crippen LogP contribution is 2.34. The second-order valence-corrected chi connectivity index (χ2v) is 4.47. The summed E-state index contributed by atoms with van der Waals surface area (Å²) in [7, 11) is 0. The fourth-order valence-electron chi connectivity index (χ4n) is 1.32. The Bertz CT molecular complexity index is 130. The number of nitrogens with two attached hydrogens (primary N) is 1. The lowest BCUT2D eigenvalue weighted by molar-refractivity contribution is 0.468. The van der Waals surface area contributed by atoms with E-state index in [9.17, 15) is 0 Å². The van der Waals surface area contributed by atoms with E-state index in [0.29, 0.717) is 11.5 Å². The molecule has 1 unspecified atom stereocenters. The van der Waals surface area contributed by atoms with E-state index in [4.69, 9.17) is 5.73 Å². The average molecular weight is 170 g/mol. The fourth-order valence-corrected chi connectivity index (χ4v) is 1.32. The first kappa shape index (κ1) is 10.0. The molecule has 72 valence electrons. The van der Waals surface area contributed by atoms with Crippen molar-refractivity contribution in [1.82, 2.24) is 5.32 Å². The molecule has 1 atom stereocenters. The molecule has 0 aromatic carbocycles. The predicted octanol–water partition coefficient (Wildman–Crippen LogP) is 1.50. The second kappa shape index (κ2) is 4.24. The molecule has 1 aliphatic rings. The van der Waals surface area contributed by atoms with Gasteiger partial charge in [0, 0.05) is 5.54 Å². The first-order chi connectivity index (χ1) is 5.66. The van der Waals surface area contributed by atoms with E-state index in [1.54, 1.807) is 0 Å². The third-order valence-corrected chi connectivity index (χ3v) is 2.83. The molecule has 12 heavy (non-hydrogen) atoms. The van der Waals surface area contributed by atoms with Crippen LogP contribution < -0.4 is 11.1 Å². The zero-order valence-corrected chi connectivity index (χ0v) is 8.40. The van der Waals surface area contributed by atoms with Crippen molar-refractivity contribution in [2.75, 3.05) is 13.1 Å². The summed E-state index contributed by atoms with van der Waals surface area (Å²) in [6, 6.07) is 0. The van der Waals surface area contributed by atoms with Gasteiger partial charge in [0.1, 0.15) is 0 Å². The molecule has 1 rings (SSSR count). The van der Waals surface area contributed by atoms with E-state index in [-0.39, 0.29) is 0 Å². The Morgan fingerprint density at radius 3 is 2.67 bits per heavy atom. The van der Waals surface area contributed by atoms with Crippen LogP contribution in [0.1, 0.15) is 39.5 Å². The van der Waals surface area contributed by atoms with Crippen LogP contribution in [-0.2, 0) is 0 Å². The van der Waals surface area contributed by atoms with Gasteiger partial charge in [-0.25, -0.2) is 0 Å². The largest absolute Gasteiger partial charge is 0.330 e. The highest BCUT2D eigenvalue weighted by atomic mass is 15.0. The van der Waals surface area contributed by atoms with Crippen LogP contribution in [0.5, 0.6) is 0 Å². The van der Waals surface area contributed by atoms with E-state index >= 15 is 0 Å². The van der Waals surface area contributed by atoms with Crippen molar-refractivity contribution >= 4 is 0 Å². The first-order valence-corrected chi connectivity index (χ1v) is 5.11. The summed E-state index contributed by atoms with van der Waals surface area (Å²) in [6.07, 6.45) is 5.26. The van der Waals surface area contributed by atoms with Gasteiger partial charge >= 0.3 is 0 Å². The van der Waals surface area contributed by atoms with Crippen LogP contribution in [0.4, 0.5) is 0 Å². The van der Waals surface area contributed by atoms with Gasteiger partial charge in [0.15, 0.2) is 0 Å². The quantitative estimate of drug-likeness (QED) is 0.593. The van der Waals surface area contributed by atoms with Crippen LogP contribution in [0.2, 0.25) is 0 Å². The summed E-state index contributed by atoms with van der Waals surface area (Å²) >= 11 is 0. The summed E-state index contributed by atoms with van der Waals surface area (Å²) in [4.78, 5) is 0. The van der Waals surface area contributed by atoms with Gasteiger partial charge < -0.3 is 11.1 Å². The lowest BCUT2D eigenvalue weighted by Crippen LogP contribution is -2.29. The molecule has 0 amide bonds. The summed E-state index contributed by atoms with van der Waals surface area (Å²) in [6.45, 7) is 6.52. The van der Waals surface area contributed by atoms with Crippen LogP contribution in [0, 0.1) is 5.92 Å². The van der Waals surface area contributed by atoms with E-state index in [0.717, 1.165) is 6.54 Å². The molecule has 0 saturated heterocycles. The number of rotatable bonds is 6. The van der Waals surface area contributed by atoms with Gasteiger partial charge in [-0.3, -0.25) is 0 Å². The maximum atomic E-state index is 5.53. The summed E-state index contributed by atoms with van der Waals surface area (Å²) in [5, 5.41) is 3.57. The summed E-state index contributed by atoms with van der Waals surface area (Å²) in [5.41, 5.74) is 6.04. The molecule has 1 saturated carbocycles. The van der Waals surface area contributed by atoms with Crippen molar-refractivity contribution in [3.8, 4) is 0 Å². The normalized spacial score (nSPS) is 22.2. The fraction of sp³-hybridized carbons (Fsp3) is 1.00. The molecule has 0 spiro atoms. The van der Waals surface area contributed by atoms with Crippen molar-refractivity contribution in [2.45, 2.75) is 45.1 Å². The average Bonchev–Trinajstić information content (AvgIpc) is 2.78. The van der Waals surface area contributed by atoms with Crippen molar-refractivity contribution in [3.05, 3.63) is 0 Å². The molecule has 0 heterocycles. The van der Waals surface area contributed by atoms with Gasteiger partial charge in [0.05, 0.1) is 0 Å². The molecule has 0 radical (unpaired) electrons. The lowest BCUT2D eigenvalue weighted by atomic mass is 10.1. The number of hydrogen-bond donors (Lipinski definition) is 2. The zero-order valence-electron chi connectivity index (χ0n) is 8.40. The maximum Gasteiger partial charge on any atom is 0.0154 e. The van der Waals surface area contributed by atoms with Crippen LogP contribution in [0.15, 0.2) is 0 Å². The molecule has 3 N–H and O–H groups in total. The molecule has 0 aromatic rings. The number of nitrogens with one attached hydrogen (secondary N) is 1. The van der Waals surface area contributed by atoms with Crippen LogP contribution >= 0.6 is 0 Å². The lowest BCUT2D eigenvalue weighted by Gasteiger charge is -2.12. The number of hydrogen-bond acceptors (Lipinski definition) is 2. The topological polar surface area (TPSA) is 38.0 Å². The Hall–Kier alpha value is -0.0800. The minimum Gasteiger partial charge on any atom is -0.330 e. The molecule has 1 aliphatic carbocycles. The van der Waals surface area contributed by atoms with Crippen molar-refractivity contribution in [3.63, 3.8) is 0 Å². The Morgan fingerprint density at radius 2 is 2.17 bits per heavy atom. The smallest absolute Gasteiger partial charge is 0.0154 e. The first-order valence-electron chi connectivity index (χ1n) is 5.11. The van der Waals surface area contributed by atoms with E-state index in [2.05, 4.69) is 19.2 Å². The molecule has 2 nitrogen and oxygen atoms in total. The Balaban J connectivity index is 1.89. The van der Waals surface area contributed by atoms with Crippen molar-refractivity contribution in [1.29, 1.82) is 0 Å². The van der Waals surface area contributed by atoms with Crippen LogP contribution in [-0.4, -0.2) is 18.6 Å².